The molecule has 3 saturated heterocycles. The molecule has 43 heavy (non-hydrogen) atoms. The molecule has 0 spiro atoms. The number of nitrogens with two attached hydrogens (primary N) is 2. The molecule has 4 aromatic heterocycles. The van der Waals surface area contributed by atoms with E-state index in [1.165, 1.54) is 28.0 Å². The van der Waals surface area contributed by atoms with Crippen LogP contribution in [-0.4, -0.2) is 69.5 Å². The molecule has 3 fully saturated rings. The van der Waals surface area contributed by atoms with Crippen LogP contribution < -0.4 is 17.0 Å². The highest BCUT2D eigenvalue weighted by Gasteiger charge is 2.54. The number of rotatable bonds is 2. The van der Waals surface area contributed by atoms with Gasteiger partial charge >= 0.3 is 6.72 Å². The highest BCUT2D eigenvalue weighted by Crippen LogP contribution is 2.54. The lowest BCUT2D eigenvalue weighted by molar-refractivity contribution is -0.0800. The van der Waals surface area contributed by atoms with Crippen molar-refractivity contribution in [3.63, 3.8) is 0 Å². The average molecular weight is 636 g/mol. The lowest BCUT2D eigenvalue weighted by atomic mass is 9.83. The van der Waals surface area contributed by atoms with Gasteiger partial charge in [0.2, 0.25) is 5.95 Å². The van der Waals surface area contributed by atoms with E-state index in [9.17, 15) is 14.1 Å². The molecule has 226 valence electrons. The second-order valence-corrected chi connectivity index (χ2v) is 13.3. The third-order valence-corrected chi connectivity index (χ3v) is 9.66. The van der Waals surface area contributed by atoms with Gasteiger partial charge in [-0.15, -0.1) is 6.42 Å². The number of aromatic nitrogens is 7. The summed E-state index contributed by atoms with van der Waals surface area (Å²) >= 11 is 5.26. The van der Waals surface area contributed by atoms with Gasteiger partial charge < -0.3 is 34.9 Å². The largest absolute Gasteiger partial charge is 0.383 e. The highest BCUT2D eigenvalue weighted by molar-refractivity contribution is 8.07. The zero-order valence-electron chi connectivity index (χ0n) is 22.0. The maximum Gasteiger partial charge on any atom is 0.325 e. The summed E-state index contributed by atoms with van der Waals surface area (Å²) < 4.78 is 57.4. The van der Waals surface area contributed by atoms with Gasteiger partial charge in [-0.1, -0.05) is 5.92 Å². The van der Waals surface area contributed by atoms with Crippen LogP contribution >= 0.6 is 6.72 Å². The van der Waals surface area contributed by atoms with E-state index in [4.69, 9.17) is 48.2 Å². The molecule has 3 aliphatic heterocycles. The van der Waals surface area contributed by atoms with Gasteiger partial charge in [0.15, 0.2) is 40.6 Å². The summed E-state index contributed by atoms with van der Waals surface area (Å²) in [6.45, 7) is -4.57. The second-order valence-electron chi connectivity index (χ2n) is 10.6. The van der Waals surface area contributed by atoms with Crippen molar-refractivity contribution in [3.05, 3.63) is 35.0 Å². The number of alkyl halides is 1. The molecule has 7 heterocycles. The van der Waals surface area contributed by atoms with Gasteiger partial charge in [0.1, 0.15) is 24.5 Å². The number of ether oxygens (including phenoxy) is 2. The molecule has 3 aliphatic rings. The Morgan fingerprint density at radius 3 is 2.86 bits per heavy atom. The number of H-pyrrole nitrogens is 1. The number of nitrogens with one attached hydrogen (secondary N) is 1. The molecule has 2 unspecified atom stereocenters. The van der Waals surface area contributed by atoms with Crippen molar-refractivity contribution >= 4 is 52.5 Å². The first-order chi connectivity index (χ1) is 20.5. The Balaban J connectivity index is 1.23. The number of fused-ring (bicyclic) bond motifs is 5. The van der Waals surface area contributed by atoms with E-state index in [-0.39, 0.29) is 53.2 Å². The third kappa shape index (κ3) is 4.51. The molecule has 7 rings (SSSR count). The number of hydrogen-bond acceptors (Lipinski definition) is 12. The summed E-state index contributed by atoms with van der Waals surface area (Å²) in [6, 6.07) is 0. The van der Waals surface area contributed by atoms with Crippen molar-refractivity contribution in [1.29, 1.82) is 0 Å². The van der Waals surface area contributed by atoms with Gasteiger partial charge in [-0.05, 0) is 31.1 Å². The predicted octanol–water partition coefficient (Wildman–Crippen LogP) is 1.42. The van der Waals surface area contributed by atoms with Gasteiger partial charge in [-0.2, -0.15) is 4.98 Å². The Morgan fingerprint density at radius 1 is 1.26 bits per heavy atom. The molecule has 0 aromatic carbocycles. The summed E-state index contributed by atoms with van der Waals surface area (Å²) in [5.41, 5.74) is 9.73. The summed E-state index contributed by atoms with van der Waals surface area (Å²) in [7, 11) is 0. The van der Waals surface area contributed by atoms with Crippen LogP contribution in [0.3, 0.4) is 0 Å². The first-order valence-corrected chi connectivity index (χ1v) is 15.7. The molecular weight excluding hydrogens is 611 g/mol. The SMILES string of the molecule is C#C[C@@]12COP(O)(=S)O[C@@H]3[C@H](F)C(CC[C@H]1C[C@H](n1cc(F)c4c(N)ncnc41)O2)O[C@H]3n1cnc2c(=O)[nH]c(N)nc21. The van der Waals surface area contributed by atoms with Gasteiger partial charge in [0.05, 0.1) is 24.4 Å². The molecule has 19 heteroatoms. The van der Waals surface area contributed by atoms with Crippen LogP contribution in [0, 0.1) is 24.1 Å². The first-order valence-electron chi connectivity index (χ1n) is 13.1. The zero-order chi connectivity index (χ0) is 30.3. The lowest BCUT2D eigenvalue weighted by Gasteiger charge is -2.32. The van der Waals surface area contributed by atoms with Crippen LogP contribution in [0.25, 0.3) is 22.2 Å². The van der Waals surface area contributed by atoms with Crippen molar-refractivity contribution in [1.82, 2.24) is 34.1 Å². The molecule has 15 nitrogen and oxygen atoms in total. The maximum absolute atomic E-state index is 16.0. The van der Waals surface area contributed by atoms with Crippen LogP contribution in [0.4, 0.5) is 20.5 Å². The molecule has 6 N–H and O–H groups in total. The average Bonchev–Trinajstić information content (AvgIpc) is 3.70. The van der Waals surface area contributed by atoms with Crippen molar-refractivity contribution in [2.75, 3.05) is 18.1 Å². The number of imidazole rings is 1. The minimum atomic E-state index is -4.18. The van der Waals surface area contributed by atoms with E-state index < -0.39 is 67.1 Å². The Labute approximate surface area is 245 Å². The molecule has 8 atom stereocenters. The first kappa shape index (κ1) is 28.2. The number of hydrogen-bond donors (Lipinski definition) is 4. The summed E-state index contributed by atoms with van der Waals surface area (Å²) in [5.74, 6) is 1.30. The molecule has 2 bridgehead atoms. The van der Waals surface area contributed by atoms with E-state index in [1.807, 2.05) is 0 Å². The quantitative estimate of drug-likeness (QED) is 0.182. The Morgan fingerprint density at radius 2 is 2.07 bits per heavy atom. The lowest BCUT2D eigenvalue weighted by Crippen LogP contribution is -2.39. The van der Waals surface area contributed by atoms with E-state index in [2.05, 4.69) is 30.8 Å². The second kappa shape index (κ2) is 9.99. The standard InChI is InChI=1S/C24H24F2N9O6PS/c1-2-24-7-38-42(37,43)41-17-15(26)12(39-22(17)35-9-31-16-20(35)32-23(28)33-21(16)36)4-3-10(24)5-13(40-24)34-6-11(25)14-18(27)29-8-30-19(14)34/h1,6,8-10,12-13,15,17,22H,3-5,7H2,(H,37,43)(H2,27,29,30)(H3,28,32,33,36)/t10-,12?,13+,15+,17+,22+,24+,42?/m0/s1. The van der Waals surface area contributed by atoms with Crippen LogP contribution in [0.15, 0.2) is 23.6 Å². The minimum Gasteiger partial charge on any atom is -0.383 e. The van der Waals surface area contributed by atoms with E-state index >= 15 is 4.39 Å². The van der Waals surface area contributed by atoms with Crippen LogP contribution in [-0.2, 0) is 30.3 Å². The molecule has 0 amide bonds. The number of nitrogen functional groups attached to an aromatic ring is 2. The number of aromatic amines is 1. The van der Waals surface area contributed by atoms with Crippen molar-refractivity contribution < 1.29 is 32.2 Å². The van der Waals surface area contributed by atoms with Crippen LogP contribution in [0.1, 0.15) is 31.7 Å². The topological polar surface area (TPSA) is 203 Å². The van der Waals surface area contributed by atoms with Gasteiger partial charge in [0, 0.05) is 12.1 Å². The fourth-order valence-corrected chi connectivity index (χ4v) is 7.49. The van der Waals surface area contributed by atoms with Crippen LogP contribution in [0.2, 0.25) is 0 Å². The van der Waals surface area contributed by atoms with Crippen molar-refractivity contribution in [2.24, 2.45) is 5.92 Å². The Hall–Kier alpha value is -3.56. The summed E-state index contributed by atoms with van der Waals surface area (Å²) in [6.07, 6.45) is 4.00. The minimum absolute atomic E-state index is 0.0287. The highest BCUT2D eigenvalue weighted by atomic mass is 32.5. The molecule has 0 aliphatic carbocycles. The van der Waals surface area contributed by atoms with Crippen LogP contribution in [0.5, 0.6) is 0 Å². The van der Waals surface area contributed by atoms with Gasteiger partial charge in [-0.3, -0.25) is 18.9 Å². The number of terminal acetylenes is 1. The smallest absolute Gasteiger partial charge is 0.325 e. The summed E-state index contributed by atoms with van der Waals surface area (Å²) in [4.78, 5) is 41.9. The maximum atomic E-state index is 16.0. The molecule has 0 saturated carbocycles. The number of anilines is 2. The van der Waals surface area contributed by atoms with Gasteiger partial charge in [0.25, 0.3) is 5.56 Å². The molecular formula is C24H24F2N9O6PS. The van der Waals surface area contributed by atoms with Crippen molar-refractivity contribution in [2.45, 2.75) is 55.7 Å². The number of nitrogens with zero attached hydrogens (tertiary/aromatic N) is 6. The third-order valence-electron chi connectivity index (χ3n) is 8.12. The fourth-order valence-electron chi connectivity index (χ4n) is 6.09. The molecule has 4 aromatic rings. The van der Waals surface area contributed by atoms with Crippen molar-refractivity contribution in [3.8, 4) is 12.3 Å². The number of halogens is 2. The zero-order valence-corrected chi connectivity index (χ0v) is 23.8. The summed E-state index contributed by atoms with van der Waals surface area (Å²) in [5, 5.41) is 0.0349. The fraction of sp³-hybridized carbons (Fsp3) is 0.458. The Kier molecular flexibility index (Phi) is 6.56. The predicted molar refractivity (Wildman–Crippen MR) is 150 cm³/mol. The van der Waals surface area contributed by atoms with Gasteiger partial charge in [-0.25, -0.2) is 23.7 Å². The molecule has 0 radical (unpaired) electrons. The Bertz CT molecular complexity index is 1910. The normalized spacial score (nSPS) is 34.7. The van der Waals surface area contributed by atoms with E-state index in [0.717, 1.165) is 0 Å². The van der Waals surface area contributed by atoms with E-state index in [1.54, 1.807) is 0 Å². The monoisotopic (exact) mass is 635 g/mol. The van der Waals surface area contributed by atoms with E-state index in [0.29, 0.717) is 0 Å².